The Labute approximate surface area is 387 Å². The summed E-state index contributed by atoms with van der Waals surface area (Å²) in [6, 6.07) is 9.44. The number of aliphatic carboxylic acids is 3. The number of nitrogens with zero attached hydrogens (tertiary/aromatic N) is 7. The number of rotatable bonds is 30. The van der Waals surface area contributed by atoms with Crippen LogP contribution in [-0.4, -0.2) is 170 Å². The van der Waals surface area contributed by atoms with Gasteiger partial charge in [0.2, 0.25) is 7.94 Å². The molecule has 0 fully saturated rings. The Balaban J connectivity index is 1.82. The number of carboxylic acid groups (broad SMARTS) is 3. The second kappa shape index (κ2) is 27.2. The van der Waals surface area contributed by atoms with Crippen molar-refractivity contribution in [2.24, 2.45) is 0 Å². The monoisotopic (exact) mass is 976 g/mol. The van der Waals surface area contributed by atoms with Crippen LogP contribution in [0.1, 0.15) is 52.6 Å². The first kappa shape index (κ1) is 53.9. The van der Waals surface area contributed by atoms with Crippen LogP contribution in [0.25, 0.3) is 11.6 Å². The molecule has 0 saturated carbocycles. The third kappa shape index (κ3) is 18.5. The van der Waals surface area contributed by atoms with Crippen molar-refractivity contribution in [1.82, 2.24) is 39.7 Å². The quantitative estimate of drug-likeness (QED) is 0.0244. The molecular weight excluding hydrogens is 922 g/mol. The van der Waals surface area contributed by atoms with Crippen molar-refractivity contribution in [2.45, 2.75) is 32.9 Å². The molecule has 2 atom stereocenters. The van der Waals surface area contributed by atoms with E-state index in [1.54, 1.807) is 43.6 Å². The smallest absolute Gasteiger partial charge is 0.317 e. The lowest BCUT2D eigenvalue weighted by molar-refractivity contribution is -0.213. The van der Waals surface area contributed by atoms with Gasteiger partial charge in [-0.2, -0.15) is 10.2 Å². The number of carboxylic acids is 3. The normalized spacial score (nSPS) is 12.6. The molecular formula is C41H54N8O16P2. The van der Waals surface area contributed by atoms with Gasteiger partial charge >= 0.3 is 17.9 Å². The summed E-state index contributed by atoms with van der Waals surface area (Å²) in [5, 5.41) is 40.0. The predicted molar refractivity (Wildman–Crippen MR) is 238 cm³/mol. The van der Waals surface area contributed by atoms with Gasteiger partial charge in [-0.15, -0.1) is 0 Å². The second-order valence-corrected chi connectivity index (χ2v) is 17.4. The molecule has 4 aromatic rings. The molecule has 6 N–H and O–H groups in total. The largest absolute Gasteiger partial charge is 0.631 e. The summed E-state index contributed by atoms with van der Waals surface area (Å²) in [5.74, 6) is 3.12. The Bertz CT molecular complexity index is 2340. The summed E-state index contributed by atoms with van der Waals surface area (Å²) in [5.41, 5.74) is 1.52. The lowest BCUT2D eigenvalue weighted by Crippen LogP contribution is -2.34. The van der Waals surface area contributed by atoms with E-state index in [9.17, 15) is 44.1 Å². The summed E-state index contributed by atoms with van der Waals surface area (Å²) in [6.45, 7) is 1.51. The number of pyridine rings is 1. The number of nitrogens with one attached hydrogen (secondary N) is 1. The van der Waals surface area contributed by atoms with E-state index in [-0.39, 0.29) is 100 Å². The molecule has 3 aromatic heterocycles. The highest BCUT2D eigenvalue weighted by molar-refractivity contribution is 7.58. The van der Waals surface area contributed by atoms with E-state index in [2.05, 4.69) is 31.9 Å². The van der Waals surface area contributed by atoms with Gasteiger partial charge in [0.15, 0.2) is 26.3 Å². The number of aromatic nitrogens is 5. The van der Waals surface area contributed by atoms with E-state index in [1.165, 1.54) is 45.5 Å². The topological polar surface area (TPSA) is 315 Å². The lowest BCUT2D eigenvalue weighted by atomic mass is 10.1. The Kier molecular flexibility index (Phi) is 21.9. The van der Waals surface area contributed by atoms with Gasteiger partial charge in [0.1, 0.15) is 31.3 Å². The van der Waals surface area contributed by atoms with Crippen LogP contribution >= 0.6 is 16.3 Å². The molecule has 24 nitrogen and oxygen atoms in total. The number of carbonyl (C=O) groups excluding carboxylic acids is 1. The lowest BCUT2D eigenvalue weighted by Gasteiger charge is -2.26. The van der Waals surface area contributed by atoms with Gasteiger partial charge in [-0.3, -0.25) is 29.0 Å². The number of amides is 1. The number of benzene rings is 1. The Morgan fingerprint density at radius 2 is 1.40 bits per heavy atom. The van der Waals surface area contributed by atoms with Gasteiger partial charge in [0.05, 0.1) is 62.3 Å². The summed E-state index contributed by atoms with van der Waals surface area (Å²) >= 11 is 0. The van der Waals surface area contributed by atoms with Crippen LogP contribution in [0.2, 0.25) is 0 Å². The highest BCUT2D eigenvalue weighted by atomic mass is 31.2. The van der Waals surface area contributed by atoms with Crippen LogP contribution in [0.4, 0.5) is 0 Å². The summed E-state index contributed by atoms with van der Waals surface area (Å²) in [7, 11) is -2.03. The van der Waals surface area contributed by atoms with Crippen molar-refractivity contribution in [3.05, 3.63) is 76.9 Å². The molecule has 0 bridgehead atoms. The fourth-order valence-corrected chi connectivity index (χ4v) is 7.74. The highest BCUT2D eigenvalue weighted by Crippen LogP contribution is 2.45. The van der Waals surface area contributed by atoms with Crippen molar-refractivity contribution in [2.75, 3.05) is 86.6 Å². The number of methoxy groups -OCH3 is 2. The zero-order chi connectivity index (χ0) is 48.9. The van der Waals surface area contributed by atoms with Crippen LogP contribution in [0.5, 0.6) is 11.5 Å². The minimum absolute atomic E-state index is 0.0360. The van der Waals surface area contributed by atoms with Crippen molar-refractivity contribution >= 4 is 40.1 Å². The van der Waals surface area contributed by atoms with E-state index >= 15 is 0 Å². The van der Waals surface area contributed by atoms with Gasteiger partial charge in [-0.05, 0) is 43.7 Å². The van der Waals surface area contributed by atoms with Crippen molar-refractivity contribution < 1.29 is 77.2 Å². The van der Waals surface area contributed by atoms with Crippen LogP contribution < -0.4 is 19.7 Å². The van der Waals surface area contributed by atoms with E-state index < -0.39 is 59.5 Å². The molecule has 0 aliphatic carbocycles. The Hall–Kier alpha value is -5.67. The first-order chi connectivity index (χ1) is 32.0. The van der Waals surface area contributed by atoms with E-state index in [0.717, 1.165) is 7.11 Å². The average molecular weight is 977 g/mol. The molecule has 0 saturated heterocycles. The summed E-state index contributed by atoms with van der Waals surface area (Å²) in [6.07, 6.45) is 2.58. The molecule has 67 heavy (non-hydrogen) atoms. The van der Waals surface area contributed by atoms with Gasteiger partial charge in [0, 0.05) is 64.3 Å². The summed E-state index contributed by atoms with van der Waals surface area (Å²) < 4.78 is 35.0. The van der Waals surface area contributed by atoms with Crippen molar-refractivity contribution in [3.63, 3.8) is 0 Å². The molecule has 0 aliphatic heterocycles. The van der Waals surface area contributed by atoms with Crippen LogP contribution in [0.15, 0.2) is 48.8 Å². The fourth-order valence-electron chi connectivity index (χ4n) is 6.00. The highest BCUT2D eigenvalue weighted by Gasteiger charge is 2.29. The van der Waals surface area contributed by atoms with Gasteiger partial charge < -0.3 is 53.9 Å². The molecule has 364 valence electrons. The van der Waals surface area contributed by atoms with E-state index in [4.69, 9.17) is 33.6 Å². The minimum atomic E-state index is -4.14. The standard InChI is InChI=1S/C41H54N8O16P2/c1-5-65-66(57)27-46(25-39(52)53)23-31-10-13-48(44-31)36-19-29(20-37(43-36)49-14-11-32(45-49)24-47(26-40(54)55)28-67(58,59)62-4)8-9-30-21-35(64-18-16-61-3)33(22-34(30)63-17-15-60-2)41(56)42-12-6-7-38(50)51/h10-11,13-14,19-22,57H,5-7,12,15-18,23-28H2,1-4H3,(H,42,56)(H,50,51)(H,52,53)(H,54,55)(H,58,59). The predicted octanol–water partition coefficient (Wildman–Crippen LogP) is 1.29. The molecule has 2 unspecified atom stereocenters. The van der Waals surface area contributed by atoms with Crippen LogP contribution in [-0.2, 0) is 46.0 Å². The SMILES string of the molecule is CCOP(O)CN(CC(=O)O)Cc1ccn(-c2cc(C#Cc3cc(OCCOC)c(C(=O)NCCCC(=O)O)cc3OCCOC)cc(-n3ccc(CN(CC(=O)O)C[P+]([O-])(O)OC)n3)n2)n1. The van der Waals surface area contributed by atoms with Gasteiger partial charge in [-0.25, -0.2) is 23.8 Å². The van der Waals surface area contributed by atoms with Crippen LogP contribution in [0.3, 0.4) is 0 Å². The molecule has 1 amide bonds. The van der Waals surface area contributed by atoms with E-state index in [0.29, 0.717) is 22.5 Å². The zero-order valence-corrected chi connectivity index (χ0v) is 39.1. The fraction of sp³-hybridized carbons (Fsp3) is 0.439. The number of hydrogen-bond acceptors (Lipinski definition) is 18. The number of hydrogen-bond donors (Lipinski definition) is 6. The first-order valence-corrected chi connectivity index (χ1v) is 23.6. The van der Waals surface area contributed by atoms with Crippen LogP contribution in [0, 0.1) is 11.8 Å². The number of ether oxygens (including phenoxy) is 4. The maximum atomic E-state index is 13.4. The molecule has 4 rings (SSSR count). The third-order valence-corrected chi connectivity index (χ3v) is 11.4. The summed E-state index contributed by atoms with van der Waals surface area (Å²) in [4.78, 5) is 87.9. The molecule has 0 aliphatic rings. The van der Waals surface area contributed by atoms with Gasteiger partial charge in [-0.1, -0.05) is 11.8 Å². The van der Waals surface area contributed by atoms with E-state index in [1.807, 2.05) is 0 Å². The Morgan fingerprint density at radius 3 is 1.96 bits per heavy atom. The maximum Gasteiger partial charge on any atom is 0.317 e. The second-order valence-electron chi connectivity index (χ2n) is 14.2. The molecule has 3 heterocycles. The molecule has 26 heteroatoms. The molecule has 1 aromatic carbocycles. The Morgan fingerprint density at radius 1 is 0.821 bits per heavy atom. The third-order valence-electron chi connectivity index (χ3n) is 8.92. The maximum absolute atomic E-state index is 13.4. The average Bonchev–Trinajstić information content (AvgIpc) is 3.94. The first-order valence-electron chi connectivity index (χ1n) is 20.4. The zero-order valence-electron chi connectivity index (χ0n) is 37.3. The van der Waals surface area contributed by atoms with Crippen molar-refractivity contribution in [1.29, 1.82) is 0 Å². The number of carbonyl (C=O) groups is 4. The molecule has 0 radical (unpaired) electrons. The minimum Gasteiger partial charge on any atom is -0.631 e. The molecule has 0 spiro atoms. The van der Waals surface area contributed by atoms with Crippen molar-refractivity contribution in [3.8, 4) is 35.0 Å². The van der Waals surface area contributed by atoms with Gasteiger partial charge in [0.25, 0.3) is 5.91 Å².